The van der Waals surface area contributed by atoms with Gasteiger partial charge in [0, 0.05) is 35.3 Å². The van der Waals surface area contributed by atoms with Crippen molar-refractivity contribution in [1.82, 2.24) is 5.32 Å². The summed E-state index contributed by atoms with van der Waals surface area (Å²) in [5.41, 5.74) is 1.35. The van der Waals surface area contributed by atoms with Gasteiger partial charge in [0.15, 0.2) is 0 Å². The Morgan fingerprint density at radius 3 is 2.58 bits per heavy atom. The van der Waals surface area contributed by atoms with Gasteiger partial charge in [0.2, 0.25) is 0 Å². The van der Waals surface area contributed by atoms with Crippen molar-refractivity contribution in [3.8, 4) is 0 Å². The Bertz CT molecular complexity index is 388. The molecular formula is C16H25BrN2. The zero-order chi connectivity index (χ0) is 13.8. The quantitative estimate of drug-likeness (QED) is 0.898. The van der Waals surface area contributed by atoms with Crippen LogP contribution in [0.1, 0.15) is 33.6 Å². The van der Waals surface area contributed by atoms with E-state index < -0.39 is 0 Å². The number of hydrogen-bond donors (Lipinski definition) is 1. The third kappa shape index (κ3) is 3.96. The minimum atomic E-state index is 0.615. The first-order chi connectivity index (χ1) is 9.10. The fourth-order valence-electron chi connectivity index (χ4n) is 2.90. The van der Waals surface area contributed by atoms with Crippen LogP contribution < -0.4 is 10.2 Å². The van der Waals surface area contributed by atoms with Crippen LogP contribution in [0.2, 0.25) is 0 Å². The maximum Gasteiger partial charge on any atom is 0.0412 e. The smallest absolute Gasteiger partial charge is 0.0412 e. The molecule has 0 radical (unpaired) electrons. The van der Waals surface area contributed by atoms with Gasteiger partial charge in [0.1, 0.15) is 0 Å². The number of benzene rings is 1. The molecule has 2 rings (SSSR count). The Labute approximate surface area is 125 Å². The van der Waals surface area contributed by atoms with Gasteiger partial charge in [-0.05, 0) is 43.0 Å². The van der Waals surface area contributed by atoms with E-state index in [1.807, 2.05) is 0 Å². The third-order valence-corrected chi connectivity index (χ3v) is 4.41. The molecule has 0 spiro atoms. The van der Waals surface area contributed by atoms with Crippen molar-refractivity contribution in [3.63, 3.8) is 0 Å². The summed E-state index contributed by atoms with van der Waals surface area (Å²) in [6.07, 6.45) is 2.45. The highest BCUT2D eigenvalue weighted by Crippen LogP contribution is 2.24. The SMILES string of the molecule is CCC1CNC(CC(C)C)CN1c1ccc(Br)cc1. The van der Waals surface area contributed by atoms with Crippen LogP contribution in [0.15, 0.2) is 28.7 Å². The summed E-state index contributed by atoms with van der Waals surface area (Å²) in [6, 6.07) is 9.97. The molecule has 0 saturated carbocycles. The Morgan fingerprint density at radius 2 is 2.00 bits per heavy atom. The summed E-state index contributed by atoms with van der Waals surface area (Å²) < 4.78 is 1.15. The van der Waals surface area contributed by atoms with Gasteiger partial charge in [-0.2, -0.15) is 0 Å². The number of anilines is 1. The average Bonchev–Trinajstić information content (AvgIpc) is 2.39. The van der Waals surface area contributed by atoms with E-state index in [1.54, 1.807) is 0 Å². The van der Waals surface area contributed by atoms with Crippen molar-refractivity contribution < 1.29 is 0 Å². The summed E-state index contributed by atoms with van der Waals surface area (Å²) in [6.45, 7) is 9.11. The van der Waals surface area contributed by atoms with Crippen LogP contribution in [0.25, 0.3) is 0 Å². The molecule has 2 nitrogen and oxygen atoms in total. The Balaban J connectivity index is 2.11. The number of halogens is 1. The second-order valence-electron chi connectivity index (χ2n) is 5.93. The molecule has 1 saturated heterocycles. The molecule has 1 aliphatic rings. The number of hydrogen-bond acceptors (Lipinski definition) is 2. The van der Waals surface area contributed by atoms with E-state index in [9.17, 15) is 0 Å². The molecule has 0 bridgehead atoms. The molecule has 0 aromatic heterocycles. The third-order valence-electron chi connectivity index (χ3n) is 3.89. The van der Waals surface area contributed by atoms with Crippen molar-refractivity contribution in [2.24, 2.45) is 5.92 Å². The molecule has 1 fully saturated rings. The van der Waals surface area contributed by atoms with Gasteiger partial charge in [0.25, 0.3) is 0 Å². The number of rotatable bonds is 4. The van der Waals surface area contributed by atoms with Crippen LogP contribution in [-0.4, -0.2) is 25.2 Å². The topological polar surface area (TPSA) is 15.3 Å². The van der Waals surface area contributed by atoms with E-state index in [1.165, 1.54) is 18.5 Å². The van der Waals surface area contributed by atoms with Gasteiger partial charge in [-0.15, -0.1) is 0 Å². The molecule has 2 atom stereocenters. The average molecular weight is 325 g/mol. The van der Waals surface area contributed by atoms with Crippen LogP contribution in [-0.2, 0) is 0 Å². The van der Waals surface area contributed by atoms with E-state index in [0.717, 1.165) is 23.5 Å². The maximum absolute atomic E-state index is 3.71. The van der Waals surface area contributed by atoms with Gasteiger partial charge in [-0.1, -0.05) is 36.7 Å². The maximum atomic E-state index is 3.71. The zero-order valence-electron chi connectivity index (χ0n) is 12.2. The van der Waals surface area contributed by atoms with Gasteiger partial charge < -0.3 is 10.2 Å². The predicted molar refractivity (Wildman–Crippen MR) is 86.8 cm³/mol. The first kappa shape index (κ1) is 14.9. The highest BCUT2D eigenvalue weighted by molar-refractivity contribution is 9.10. The molecule has 106 valence electrons. The van der Waals surface area contributed by atoms with E-state index in [2.05, 4.69) is 71.2 Å². The van der Waals surface area contributed by atoms with Crippen LogP contribution in [0.3, 0.4) is 0 Å². The standard InChI is InChI=1S/C16H25BrN2/c1-4-15-10-18-14(9-12(2)3)11-19(15)16-7-5-13(17)6-8-16/h5-8,12,14-15,18H,4,9-11H2,1-3H3. The molecule has 1 aromatic carbocycles. The first-order valence-electron chi connectivity index (χ1n) is 7.35. The van der Waals surface area contributed by atoms with E-state index in [4.69, 9.17) is 0 Å². The minimum Gasteiger partial charge on any atom is -0.366 e. The van der Waals surface area contributed by atoms with Crippen molar-refractivity contribution in [3.05, 3.63) is 28.7 Å². The van der Waals surface area contributed by atoms with Gasteiger partial charge >= 0.3 is 0 Å². The largest absolute Gasteiger partial charge is 0.366 e. The number of piperazine rings is 1. The molecule has 3 heteroatoms. The summed E-state index contributed by atoms with van der Waals surface area (Å²) in [5, 5.41) is 3.71. The molecule has 0 aliphatic carbocycles. The van der Waals surface area contributed by atoms with Crippen molar-refractivity contribution in [1.29, 1.82) is 0 Å². The number of nitrogens with zero attached hydrogens (tertiary/aromatic N) is 1. The molecule has 2 unspecified atom stereocenters. The Hall–Kier alpha value is -0.540. The van der Waals surface area contributed by atoms with Crippen molar-refractivity contribution in [2.75, 3.05) is 18.0 Å². The minimum absolute atomic E-state index is 0.615. The molecule has 1 aromatic rings. The second-order valence-corrected chi connectivity index (χ2v) is 6.84. The number of nitrogens with one attached hydrogen (secondary N) is 1. The normalized spacial score (nSPS) is 23.9. The van der Waals surface area contributed by atoms with Crippen molar-refractivity contribution in [2.45, 2.75) is 45.7 Å². The Morgan fingerprint density at radius 1 is 1.32 bits per heavy atom. The monoisotopic (exact) mass is 324 g/mol. The molecule has 1 aliphatic heterocycles. The van der Waals surface area contributed by atoms with Gasteiger partial charge in [-0.25, -0.2) is 0 Å². The summed E-state index contributed by atoms with van der Waals surface area (Å²) in [7, 11) is 0. The lowest BCUT2D eigenvalue weighted by Crippen LogP contribution is -2.56. The lowest BCUT2D eigenvalue weighted by atomic mass is 9.98. The Kier molecular flexibility index (Phi) is 5.28. The first-order valence-corrected chi connectivity index (χ1v) is 8.15. The molecule has 0 amide bonds. The summed E-state index contributed by atoms with van der Waals surface area (Å²) in [4.78, 5) is 2.58. The molecule has 1 heterocycles. The highest BCUT2D eigenvalue weighted by atomic mass is 79.9. The lowest BCUT2D eigenvalue weighted by Gasteiger charge is -2.42. The van der Waals surface area contributed by atoms with Crippen LogP contribution in [0, 0.1) is 5.92 Å². The van der Waals surface area contributed by atoms with E-state index in [-0.39, 0.29) is 0 Å². The molecular weight excluding hydrogens is 300 g/mol. The van der Waals surface area contributed by atoms with Crippen molar-refractivity contribution >= 4 is 21.6 Å². The van der Waals surface area contributed by atoms with Crippen LogP contribution in [0.4, 0.5) is 5.69 Å². The second kappa shape index (κ2) is 6.76. The van der Waals surface area contributed by atoms with Crippen LogP contribution >= 0.6 is 15.9 Å². The fourth-order valence-corrected chi connectivity index (χ4v) is 3.17. The zero-order valence-corrected chi connectivity index (χ0v) is 13.8. The fraction of sp³-hybridized carbons (Fsp3) is 0.625. The lowest BCUT2D eigenvalue weighted by molar-refractivity contribution is 0.343. The van der Waals surface area contributed by atoms with Gasteiger partial charge in [0.05, 0.1) is 0 Å². The highest BCUT2D eigenvalue weighted by Gasteiger charge is 2.27. The summed E-state index contributed by atoms with van der Waals surface area (Å²) in [5.74, 6) is 0.752. The van der Waals surface area contributed by atoms with Crippen LogP contribution in [0.5, 0.6) is 0 Å². The predicted octanol–water partition coefficient (Wildman–Crippen LogP) is 4.05. The van der Waals surface area contributed by atoms with E-state index in [0.29, 0.717) is 12.1 Å². The molecule has 19 heavy (non-hydrogen) atoms. The summed E-state index contributed by atoms with van der Waals surface area (Å²) >= 11 is 3.52. The molecule has 1 N–H and O–H groups in total. The van der Waals surface area contributed by atoms with Gasteiger partial charge in [-0.3, -0.25) is 0 Å². The van der Waals surface area contributed by atoms with E-state index >= 15 is 0 Å².